The van der Waals surface area contributed by atoms with E-state index in [-0.39, 0.29) is 16.2 Å². The lowest BCUT2D eigenvalue weighted by Gasteiger charge is -2.63. The number of benzene rings is 6. The molecule has 4 saturated carbocycles. The maximum absolute atomic E-state index is 2.68. The zero-order chi connectivity index (χ0) is 37.8. The molecule has 2 heteroatoms. The van der Waals surface area contributed by atoms with E-state index in [1.165, 1.54) is 105 Å². The van der Waals surface area contributed by atoms with Gasteiger partial charge in [0.1, 0.15) is 0 Å². The zero-order valence-electron chi connectivity index (χ0n) is 33.4. The predicted molar refractivity (Wildman–Crippen MR) is 236 cm³/mol. The highest BCUT2D eigenvalue weighted by atomic mass is 32.2. The lowest BCUT2D eigenvalue weighted by Crippen LogP contribution is -2.57. The van der Waals surface area contributed by atoms with Crippen LogP contribution in [-0.4, -0.2) is 0 Å². The van der Waals surface area contributed by atoms with Crippen molar-refractivity contribution in [1.82, 2.24) is 0 Å². The lowest BCUT2D eigenvalue weighted by molar-refractivity contribution is -0.0443. The monoisotopic (exact) mass is 747 g/mol. The molecule has 56 heavy (non-hydrogen) atoms. The van der Waals surface area contributed by atoms with Gasteiger partial charge >= 0.3 is 0 Å². The van der Waals surface area contributed by atoms with Gasteiger partial charge in [0, 0.05) is 26.6 Å². The number of fused-ring (bicyclic) bond motifs is 3. The molecular formula is C54H53NS. The molecule has 1 aliphatic heterocycles. The first-order valence-electron chi connectivity index (χ1n) is 21.3. The molecule has 4 bridgehead atoms. The van der Waals surface area contributed by atoms with Crippen molar-refractivity contribution < 1.29 is 0 Å². The normalized spacial score (nSPS) is 26.0. The summed E-state index contributed by atoms with van der Waals surface area (Å²) in [5, 5.41) is 0. The van der Waals surface area contributed by atoms with Crippen LogP contribution in [0.3, 0.4) is 0 Å². The summed E-state index contributed by atoms with van der Waals surface area (Å²) in [6.45, 7) is 9.87. The van der Waals surface area contributed by atoms with E-state index in [4.69, 9.17) is 0 Å². The Kier molecular flexibility index (Phi) is 7.89. The fraction of sp³-hybridized carbons (Fsp3) is 0.333. The van der Waals surface area contributed by atoms with E-state index in [0.29, 0.717) is 11.8 Å². The maximum Gasteiger partial charge on any atom is 0.0502 e. The smallest absolute Gasteiger partial charge is 0.0502 e. The molecule has 280 valence electrons. The first-order valence-corrected chi connectivity index (χ1v) is 22.1. The average molecular weight is 748 g/mol. The van der Waals surface area contributed by atoms with E-state index in [9.17, 15) is 0 Å². The minimum atomic E-state index is 0.0504. The van der Waals surface area contributed by atoms with Crippen molar-refractivity contribution >= 4 is 28.8 Å². The van der Waals surface area contributed by atoms with Crippen molar-refractivity contribution in [2.45, 2.75) is 98.7 Å². The Labute approximate surface area is 338 Å². The molecule has 12 rings (SSSR count). The first-order chi connectivity index (χ1) is 27.2. The minimum absolute atomic E-state index is 0.0504. The van der Waals surface area contributed by atoms with E-state index in [2.05, 4.69) is 172 Å². The van der Waals surface area contributed by atoms with Crippen LogP contribution in [0.25, 0.3) is 22.3 Å². The molecule has 0 atom stereocenters. The molecule has 0 N–H and O–H groups in total. The Balaban J connectivity index is 1.12. The average Bonchev–Trinajstić information content (AvgIpc) is 3.22. The minimum Gasteiger partial charge on any atom is -0.310 e. The quantitative estimate of drug-likeness (QED) is 0.173. The molecule has 1 heterocycles. The number of rotatable bonds is 5. The van der Waals surface area contributed by atoms with Crippen molar-refractivity contribution in [1.29, 1.82) is 0 Å². The Morgan fingerprint density at radius 1 is 0.464 bits per heavy atom. The summed E-state index contributed by atoms with van der Waals surface area (Å²) < 4.78 is 0. The van der Waals surface area contributed by atoms with Crippen LogP contribution in [0, 0.1) is 23.7 Å². The van der Waals surface area contributed by atoms with Crippen LogP contribution in [0.15, 0.2) is 149 Å². The summed E-state index contributed by atoms with van der Waals surface area (Å²) in [6, 6.07) is 53.6. The van der Waals surface area contributed by atoms with E-state index in [1.807, 2.05) is 11.8 Å². The second-order valence-electron chi connectivity index (χ2n) is 19.2. The fourth-order valence-corrected chi connectivity index (χ4v) is 13.9. The Morgan fingerprint density at radius 3 is 1.73 bits per heavy atom. The second-order valence-corrected chi connectivity index (χ2v) is 20.3. The van der Waals surface area contributed by atoms with E-state index in [0.717, 1.165) is 11.8 Å². The molecular weight excluding hydrogens is 695 g/mol. The van der Waals surface area contributed by atoms with Crippen molar-refractivity contribution in [3.05, 3.63) is 162 Å². The fourth-order valence-electron chi connectivity index (χ4n) is 12.6. The third kappa shape index (κ3) is 5.27. The molecule has 0 radical (unpaired) electrons. The van der Waals surface area contributed by atoms with Gasteiger partial charge in [-0.2, -0.15) is 0 Å². The summed E-state index contributed by atoms with van der Waals surface area (Å²) in [5.74, 6) is 3.19. The molecule has 0 unspecified atom stereocenters. The van der Waals surface area contributed by atoms with Gasteiger partial charge in [-0.15, -0.1) is 0 Å². The van der Waals surface area contributed by atoms with Crippen molar-refractivity contribution in [3.63, 3.8) is 0 Å². The Morgan fingerprint density at radius 2 is 1.05 bits per heavy atom. The van der Waals surface area contributed by atoms with Crippen LogP contribution >= 0.6 is 11.8 Å². The third-order valence-electron chi connectivity index (χ3n) is 15.1. The predicted octanol–water partition coefficient (Wildman–Crippen LogP) is 15.0. The van der Waals surface area contributed by atoms with Gasteiger partial charge in [0.2, 0.25) is 0 Å². The van der Waals surface area contributed by atoms with E-state index >= 15 is 0 Å². The highest BCUT2D eigenvalue weighted by molar-refractivity contribution is 7.99. The van der Waals surface area contributed by atoms with Gasteiger partial charge in [0.05, 0.1) is 5.69 Å². The number of hydrogen-bond donors (Lipinski definition) is 0. The summed E-state index contributed by atoms with van der Waals surface area (Å²) in [7, 11) is 0. The first kappa shape index (κ1) is 34.7. The summed E-state index contributed by atoms with van der Waals surface area (Å²) in [6.07, 6.45) is 9.35. The van der Waals surface area contributed by atoms with Gasteiger partial charge in [-0.05, 0) is 166 Å². The molecule has 6 aliphatic rings. The molecule has 1 nitrogen and oxygen atoms in total. The molecule has 4 fully saturated rings. The SMILES string of the molecule is CC1(C)CCC(C)(C)c2c(N(c3ccc(-c4ccccc4)cc3)c3ccc4c(c3)C3(c5ccc(-c6ccccc6)cc5S4)C4CC5CC(C4)CC3C5)cccc21. The zero-order valence-corrected chi connectivity index (χ0v) is 34.2. The van der Waals surface area contributed by atoms with Crippen LogP contribution < -0.4 is 4.90 Å². The van der Waals surface area contributed by atoms with Gasteiger partial charge in [-0.25, -0.2) is 0 Å². The number of anilines is 3. The third-order valence-corrected chi connectivity index (χ3v) is 16.3. The van der Waals surface area contributed by atoms with Gasteiger partial charge < -0.3 is 4.90 Å². The molecule has 6 aromatic carbocycles. The highest BCUT2D eigenvalue weighted by Gasteiger charge is 2.61. The summed E-state index contributed by atoms with van der Waals surface area (Å²) >= 11 is 2.03. The number of nitrogens with zero attached hydrogens (tertiary/aromatic N) is 1. The number of hydrogen-bond acceptors (Lipinski definition) is 2. The summed E-state index contributed by atoms with van der Waals surface area (Å²) in [4.78, 5) is 5.59. The molecule has 1 spiro atoms. The van der Waals surface area contributed by atoms with Crippen LogP contribution in [0.5, 0.6) is 0 Å². The highest BCUT2D eigenvalue weighted by Crippen LogP contribution is 2.69. The van der Waals surface area contributed by atoms with Gasteiger partial charge in [-0.3, -0.25) is 0 Å². The van der Waals surface area contributed by atoms with E-state index in [1.54, 1.807) is 11.1 Å². The topological polar surface area (TPSA) is 3.24 Å². The molecule has 0 amide bonds. The van der Waals surface area contributed by atoms with Crippen molar-refractivity contribution in [2.24, 2.45) is 23.7 Å². The molecule has 0 saturated heterocycles. The standard InChI is InChI=1S/C54H53NS/c1-52(2)26-27-53(3,4)51-46(52)16-11-17-48(51)55(43-21-18-39(19-22-43)37-12-7-5-8-13-37)44-23-25-49-47(34-44)54(41-29-35-28-36(31-41)32-42(54)30-35)45-24-20-40(33-50(45)56-49)38-14-9-6-10-15-38/h5-25,33-36,41-42H,26-32H2,1-4H3. The van der Waals surface area contributed by atoms with Crippen LogP contribution in [0.2, 0.25) is 0 Å². The van der Waals surface area contributed by atoms with Gasteiger partial charge in [0.15, 0.2) is 0 Å². The molecule has 5 aliphatic carbocycles. The lowest BCUT2D eigenvalue weighted by atomic mass is 9.42. The largest absolute Gasteiger partial charge is 0.310 e. The van der Waals surface area contributed by atoms with Crippen LogP contribution in [0.1, 0.15) is 94.9 Å². The molecule has 0 aromatic heterocycles. The Hall–Kier alpha value is -4.53. The van der Waals surface area contributed by atoms with Crippen LogP contribution in [-0.2, 0) is 16.2 Å². The van der Waals surface area contributed by atoms with Crippen molar-refractivity contribution in [3.8, 4) is 22.3 Å². The summed E-state index contributed by atoms with van der Waals surface area (Å²) in [5.41, 5.74) is 15.5. The Bertz CT molecular complexity index is 2430. The van der Waals surface area contributed by atoms with Crippen LogP contribution in [0.4, 0.5) is 17.1 Å². The maximum atomic E-state index is 2.68. The second kappa shape index (κ2) is 12.7. The van der Waals surface area contributed by atoms with Crippen molar-refractivity contribution in [2.75, 3.05) is 4.90 Å². The molecule has 6 aromatic rings. The van der Waals surface area contributed by atoms with Gasteiger partial charge in [0.25, 0.3) is 0 Å². The van der Waals surface area contributed by atoms with Gasteiger partial charge in [-0.1, -0.05) is 137 Å². The van der Waals surface area contributed by atoms with E-state index < -0.39 is 0 Å².